The van der Waals surface area contributed by atoms with Crippen LogP contribution in [0.15, 0.2) is 33.5 Å². The van der Waals surface area contributed by atoms with Gasteiger partial charge in [-0.3, -0.25) is 4.99 Å². The van der Waals surface area contributed by atoms with E-state index < -0.39 is 11.6 Å². The zero-order chi connectivity index (χ0) is 12.4. The van der Waals surface area contributed by atoms with Crippen molar-refractivity contribution in [1.29, 1.82) is 5.26 Å². The Balaban J connectivity index is 2.34. The molecule has 1 aliphatic heterocycles. The summed E-state index contributed by atoms with van der Waals surface area (Å²) >= 11 is 1.44. The van der Waals surface area contributed by atoms with Crippen molar-refractivity contribution in [2.45, 2.75) is 18.2 Å². The van der Waals surface area contributed by atoms with Gasteiger partial charge in [0.25, 0.3) is 0 Å². The van der Waals surface area contributed by atoms with Crippen LogP contribution in [0.3, 0.4) is 0 Å². The molecule has 1 aromatic rings. The first-order chi connectivity index (χ1) is 8.11. The van der Waals surface area contributed by atoms with Gasteiger partial charge in [-0.2, -0.15) is 5.26 Å². The molecule has 0 amide bonds. The van der Waals surface area contributed by atoms with Gasteiger partial charge in [-0.15, -0.1) is 0 Å². The van der Waals surface area contributed by atoms with E-state index in [-0.39, 0.29) is 5.37 Å². The maximum atomic E-state index is 11.1. The van der Waals surface area contributed by atoms with Crippen LogP contribution in [0.4, 0.5) is 0 Å². The van der Waals surface area contributed by atoms with Crippen LogP contribution in [-0.2, 0) is 0 Å². The van der Waals surface area contributed by atoms with Gasteiger partial charge in [0.05, 0.1) is 6.07 Å². The van der Waals surface area contributed by atoms with Gasteiger partial charge in [0.2, 0.25) is 0 Å². The van der Waals surface area contributed by atoms with Gasteiger partial charge in [0, 0.05) is 22.5 Å². The van der Waals surface area contributed by atoms with Crippen molar-refractivity contribution in [2.24, 2.45) is 4.99 Å². The maximum absolute atomic E-state index is 11.1. The highest BCUT2D eigenvalue weighted by Gasteiger charge is 2.29. The number of rotatable bonds is 2. The van der Waals surface area contributed by atoms with Crippen molar-refractivity contribution in [2.75, 3.05) is 0 Å². The molecule has 5 nitrogen and oxygen atoms in total. The minimum absolute atomic E-state index is 0.245. The van der Waals surface area contributed by atoms with E-state index in [1.165, 1.54) is 18.0 Å². The fourth-order valence-corrected chi connectivity index (χ4v) is 2.58. The lowest BCUT2D eigenvalue weighted by Gasteiger charge is -2.12. The third kappa shape index (κ3) is 2.29. The molecule has 0 spiro atoms. The quantitative estimate of drug-likeness (QED) is 0.855. The summed E-state index contributed by atoms with van der Waals surface area (Å²) in [5, 5.41) is 8.95. The van der Waals surface area contributed by atoms with E-state index in [4.69, 9.17) is 0 Å². The molecule has 17 heavy (non-hydrogen) atoms. The lowest BCUT2D eigenvalue weighted by atomic mass is 10.1. The lowest BCUT2D eigenvalue weighted by molar-refractivity contribution is 0.773. The highest BCUT2D eigenvalue weighted by molar-refractivity contribution is 8.05. The zero-order valence-electron chi connectivity index (χ0n) is 9.17. The predicted molar refractivity (Wildman–Crippen MR) is 66.8 cm³/mol. The number of hydrogen-bond acceptors (Lipinski definition) is 5. The average Bonchev–Trinajstić information content (AvgIpc) is 2.60. The molecule has 86 valence electrons. The number of hydrogen-bond donors (Lipinski definition) is 1. The molecule has 2 rings (SSSR count). The second-order valence-electron chi connectivity index (χ2n) is 3.58. The maximum Gasteiger partial charge on any atom is 0.345 e. The lowest BCUT2D eigenvalue weighted by Crippen LogP contribution is -2.18. The molecule has 1 aliphatic rings. The number of aromatic amines is 1. The first-order valence-corrected chi connectivity index (χ1v) is 5.85. The number of aromatic nitrogens is 2. The Bertz CT molecular complexity index is 584. The van der Waals surface area contributed by atoms with Gasteiger partial charge in [-0.25, -0.2) is 9.78 Å². The number of nitrogens with one attached hydrogen (secondary N) is 1. The van der Waals surface area contributed by atoms with E-state index in [0.717, 1.165) is 10.6 Å². The monoisotopic (exact) mass is 246 g/mol. The Labute approximate surface area is 102 Å². The number of allylic oxidation sites excluding steroid dienone is 1. The molecule has 2 atom stereocenters. The summed E-state index contributed by atoms with van der Waals surface area (Å²) in [5.74, 6) is -0.495. The van der Waals surface area contributed by atoms with Crippen molar-refractivity contribution < 1.29 is 0 Å². The highest BCUT2D eigenvalue weighted by atomic mass is 32.2. The van der Waals surface area contributed by atoms with Gasteiger partial charge in [-0.05, 0) is 13.0 Å². The van der Waals surface area contributed by atoms with E-state index >= 15 is 0 Å². The summed E-state index contributed by atoms with van der Waals surface area (Å²) in [6.07, 6.45) is 1.39. The predicted octanol–water partition coefficient (Wildman–Crippen LogP) is 1.42. The van der Waals surface area contributed by atoms with Gasteiger partial charge < -0.3 is 4.98 Å². The van der Waals surface area contributed by atoms with Gasteiger partial charge in [0.1, 0.15) is 11.3 Å². The third-order valence-corrected chi connectivity index (χ3v) is 3.64. The first-order valence-electron chi connectivity index (χ1n) is 4.97. The van der Waals surface area contributed by atoms with E-state index in [2.05, 4.69) is 27.6 Å². The number of thioether (sulfide) groups is 1. The highest BCUT2D eigenvalue weighted by Crippen LogP contribution is 2.37. The third-order valence-electron chi connectivity index (χ3n) is 2.44. The molecule has 0 bridgehead atoms. The van der Waals surface area contributed by atoms with Crippen molar-refractivity contribution in [3.8, 4) is 6.07 Å². The normalized spacial score (nSPS) is 20.8. The minimum Gasteiger partial charge on any atom is -0.308 e. The second-order valence-corrected chi connectivity index (χ2v) is 4.79. The fourth-order valence-electron chi connectivity index (χ4n) is 1.51. The second kappa shape index (κ2) is 4.55. The van der Waals surface area contributed by atoms with Gasteiger partial charge >= 0.3 is 5.69 Å². The largest absolute Gasteiger partial charge is 0.345 e. The summed E-state index contributed by atoms with van der Waals surface area (Å²) < 4.78 is 0. The van der Waals surface area contributed by atoms with Gasteiger partial charge in [0.15, 0.2) is 0 Å². The number of aliphatic imine (C=N–C) groups is 1. The molecule has 0 fully saturated rings. The Morgan fingerprint density at radius 1 is 1.71 bits per heavy atom. The van der Waals surface area contributed by atoms with Gasteiger partial charge in [-0.1, -0.05) is 18.3 Å². The minimum atomic E-state index is -0.495. The number of H-pyrrole nitrogens is 1. The van der Waals surface area contributed by atoms with E-state index in [1.807, 2.05) is 6.92 Å². The Morgan fingerprint density at radius 3 is 3.00 bits per heavy atom. The first kappa shape index (κ1) is 11.6. The summed E-state index contributed by atoms with van der Waals surface area (Å²) in [5.41, 5.74) is 0.929. The van der Waals surface area contributed by atoms with Crippen molar-refractivity contribution in [3.05, 3.63) is 39.9 Å². The molecule has 0 aromatic carbocycles. The van der Waals surface area contributed by atoms with Crippen molar-refractivity contribution in [3.63, 3.8) is 0 Å². The molecule has 2 heterocycles. The standard InChI is InChI=1S/C11H10N4OS/c1-6-7(2)17-10(14-6)8(5-12)9-3-4-13-11(16)15-9/h3-4,8,10H,2H2,1H3,(H,13,15,16). The van der Waals surface area contributed by atoms with E-state index in [0.29, 0.717) is 5.69 Å². The SMILES string of the molecule is C=C1SC(C(C#N)c2ccnc(=O)[nH]2)N=C1C. The zero-order valence-corrected chi connectivity index (χ0v) is 9.99. The van der Waals surface area contributed by atoms with E-state index in [1.54, 1.807) is 6.07 Å². The topological polar surface area (TPSA) is 81.9 Å². The summed E-state index contributed by atoms with van der Waals surface area (Å²) in [4.78, 5) is 22.4. The fraction of sp³-hybridized carbons (Fsp3) is 0.273. The van der Waals surface area contributed by atoms with E-state index in [9.17, 15) is 10.1 Å². The van der Waals surface area contributed by atoms with Crippen LogP contribution in [0.1, 0.15) is 18.5 Å². The molecule has 2 unspecified atom stereocenters. The Kier molecular flexibility index (Phi) is 3.11. The molecule has 0 saturated carbocycles. The Morgan fingerprint density at radius 2 is 2.47 bits per heavy atom. The number of nitriles is 1. The molecule has 1 aromatic heterocycles. The molecule has 1 N–H and O–H groups in total. The molecule has 0 radical (unpaired) electrons. The van der Waals surface area contributed by atoms with Crippen LogP contribution in [0, 0.1) is 11.3 Å². The molecule has 0 aliphatic carbocycles. The molecule has 6 heteroatoms. The summed E-state index contributed by atoms with van der Waals surface area (Å²) in [7, 11) is 0. The van der Waals surface area contributed by atoms with Crippen LogP contribution in [0.2, 0.25) is 0 Å². The van der Waals surface area contributed by atoms with Crippen molar-refractivity contribution in [1.82, 2.24) is 9.97 Å². The van der Waals surface area contributed by atoms with Crippen LogP contribution in [0.5, 0.6) is 0 Å². The smallest absolute Gasteiger partial charge is 0.308 e. The Hall–Kier alpha value is -1.87. The summed E-state index contributed by atoms with van der Waals surface area (Å²) in [6, 6.07) is 3.79. The van der Waals surface area contributed by atoms with Crippen LogP contribution in [0.25, 0.3) is 0 Å². The summed E-state index contributed by atoms with van der Waals surface area (Å²) in [6.45, 7) is 5.71. The van der Waals surface area contributed by atoms with Crippen LogP contribution in [-0.4, -0.2) is 21.1 Å². The molecule has 0 saturated heterocycles. The molecular formula is C11H10N4OS. The van der Waals surface area contributed by atoms with Crippen LogP contribution < -0.4 is 5.69 Å². The number of nitrogens with zero attached hydrogens (tertiary/aromatic N) is 3. The molecular weight excluding hydrogens is 236 g/mol. The van der Waals surface area contributed by atoms with Crippen molar-refractivity contribution >= 4 is 17.5 Å². The average molecular weight is 246 g/mol. The van der Waals surface area contributed by atoms with Crippen LogP contribution >= 0.6 is 11.8 Å².